The van der Waals surface area contributed by atoms with E-state index in [2.05, 4.69) is 12.2 Å². The van der Waals surface area contributed by atoms with Crippen LogP contribution in [0, 0.1) is 5.82 Å². The van der Waals surface area contributed by atoms with E-state index in [9.17, 15) is 4.39 Å². The molecule has 1 N–H and O–H groups in total. The lowest BCUT2D eigenvalue weighted by molar-refractivity contribution is -0.0833. The van der Waals surface area contributed by atoms with Gasteiger partial charge in [-0.25, -0.2) is 4.39 Å². The third-order valence-electron chi connectivity index (χ3n) is 4.51. The lowest BCUT2D eigenvalue weighted by Gasteiger charge is -2.43. The summed E-state index contributed by atoms with van der Waals surface area (Å²) in [7, 11) is 3.29. The van der Waals surface area contributed by atoms with E-state index in [1.54, 1.807) is 19.2 Å². The molecule has 1 aliphatic carbocycles. The van der Waals surface area contributed by atoms with Gasteiger partial charge in [-0.05, 0) is 56.3 Å². The van der Waals surface area contributed by atoms with E-state index in [1.165, 1.54) is 13.5 Å². The first-order valence-corrected chi connectivity index (χ1v) is 7.73. The van der Waals surface area contributed by atoms with Crippen LogP contribution in [-0.2, 0) is 11.2 Å². The number of methoxy groups -OCH3 is 2. The average molecular weight is 295 g/mol. The fraction of sp³-hybridized carbons (Fsp3) is 0.647. The summed E-state index contributed by atoms with van der Waals surface area (Å²) in [5, 5.41) is 3.50. The molecule has 21 heavy (non-hydrogen) atoms. The molecule has 0 aliphatic heterocycles. The summed E-state index contributed by atoms with van der Waals surface area (Å²) >= 11 is 0. The number of halogens is 1. The molecule has 1 saturated carbocycles. The second-order valence-corrected chi connectivity index (χ2v) is 5.87. The SMILES string of the molecule is CCNC(Cc1ccc(OC)c(F)c1)CC1(OC)CCC1. The summed E-state index contributed by atoms with van der Waals surface area (Å²) in [6, 6.07) is 5.52. The smallest absolute Gasteiger partial charge is 0.165 e. The minimum atomic E-state index is -0.296. The Morgan fingerprint density at radius 2 is 2.10 bits per heavy atom. The maximum atomic E-state index is 13.8. The minimum Gasteiger partial charge on any atom is -0.494 e. The number of hydrogen-bond acceptors (Lipinski definition) is 3. The van der Waals surface area contributed by atoms with Crippen LogP contribution in [0.2, 0.25) is 0 Å². The second kappa shape index (κ2) is 7.23. The first-order valence-electron chi connectivity index (χ1n) is 7.73. The second-order valence-electron chi connectivity index (χ2n) is 5.87. The van der Waals surface area contributed by atoms with Crippen LogP contribution in [0.3, 0.4) is 0 Å². The lowest BCUT2D eigenvalue weighted by Crippen LogP contribution is -2.46. The molecule has 1 atom stereocenters. The summed E-state index contributed by atoms with van der Waals surface area (Å²) in [5.74, 6) is 0.00135. The van der Waals surface area contributed by atoms with Crippen LogP contribution in [0.5, 0.6) is 5.75 Å². The van der Waals surface area contributed by atoms with Gasteiger partial charge < -0.3 is 14.8 Å². The molecule has 1 unspecified atom stereocenters. The molecule has 1 aromatic rings. The van der Waals surface area contributed by atoms with Crippen LogP contribution in [-0.4, -0.2) is 32.4 Å². The molecule has 1 fully saturated rings. The Morgan fingerprint density at radius 3 is 2.57 bits per heavy atom. The topological polar surface area (TPSA) is 30.5 Å². The molecular weight excluding hydrogens is 269 g/mol. The highest BCUT2D eigenvalue weighted by Gasteiger charge is 2.38. The van der Waals surface area contributed by atoms with Crippen LogP contribution in [0.15, 0.2) is 18.2 Å². The van der Waals surface area contributed by atoms with Crippen molar-refractivity contribution in [3.63, 3.8) is 0 Å². The van der Waals surface area contributed by atoms with Gasteiger partial charge in [0.2, 0.25) is 0 Å². The third-order valence-corrected chi connectivity index (χ3v) is 4.51. The number of benzene rings is 1. The number of likely N-dealkylation sites (N-methyl/N-ethyl adjacent to an activating group) is 1. The maximum absolute atomic E-state index is 13.8. The average Bonchev–Trinajstić information content (AvgIpc) is 2.43. The Bertz CT molecular complexity index is 455. The Kier molecular flexibility index (Phi) is 5.59. The zero-order chi connectivity index (χ0) is 15.3. The van der Waals surface area contributed by atoms with E-state index in [1.807, 2.05) is 6.07 Å². The zero-order valence-electron chi connectivity index (χ0n) is 13.2. The van der Waals surface area contributed by atoms with Crippen molar-refractivity contribution in [3.8, 4) is 5.75 Å². The molecule has 0 saturated heterocycles. The fourth-order valence-electron chi connectivity index (χ4n) is 3.14. The van der Waals surface area contributed by atoms with Crippen molar-refractivity contribution in [2.24, 2.45) is 0 Å². The predicted octanol–water partition coefficient (Wildman–Crippen LogP) is 3.31. The van der Waals surface area contributed by atoms with Crippen LogP contribution in [0.4, 0.5) is 4.39 Å². The summed E-state index contributed by atoms with van der Waals surface area (Å²) in [6.45, 7) is 3.00. The van der Waals surface area contributed by atoms with Crippen molar-refractivity contribution in [1.29, 1.82) is 0 Å². The van der Waals surface area contributed by atoms with Gasteiger partial charge in [0.25, 0.3) is 0 Å². The molecule has 0 aromatic heterocycles. The molecule has 0 heterocycles. The van der Waals surface area contributed by atoms with Gasteiger partial charge in [-0.15, -0.1) is 0 Å². The van der Waals surface area contributed by atoms with Gasteiger partial charge in [0.15, 0.2) is 11.6 Å². The van der Waals surface area contributed by atoms with E-state index in [0.29, 0.717) is 11.8 Å². The monoisotopic (exact) mass is 295 g/mol. The van der Waals surface area contributed by atoms with Crippen molar-refractivity contribution in [2.45, 2.75) is 50.7 Å². The Balaban J connectivity index is 2.03. The fourth-order valence-corrected chi connectivity index (χ4v) is 3.14. The van der Waals surface area contributed by atoms with Crippen molar-refractivity contribution < 1.29 is 13.9 Å². The molecule has 0 amide bonds. The standard InChI is InChI=1S/C17H26FNO2/c1-4-19-14(12-17(21-3)8-5-9-17)10-13-6-7-16(20-2)15(18)11-13/h6-7,11,14,19H,4-5,8-10,12H2,1-3H3. The lowest BCUT2D eigenvalue weighted by atomic mass is 9.75. The van der Waals surface area contributed by atoms with Gasteiger partial charge in [-0.3, -0.25) is 0 Å². The minimum absolute atomic E-state index is 0.0256. The molecule has 4 heteroatoms. The molecule has 1 aromatic carbocycles. The molecule has 118 valence electrons. The molecule has 3 nitrogen and oxygen atoms in total. The summed E-state index contributed by atoms with van der Waals surface area (Å²) in [5.41, 5.74) is 1.02. The summed E-state index contributed by atoms with van der Waals surface area (Å²) in [4.78, 5) is 0. The van der Waals surface area contributed by atoms with Gasteiger partial charge in [0.1, 0.15) is 0 Å². The first-order chi connectivity index (χ1) is 10.1. The van der Waals surface area contributed by atoms with Crippen molar-refractivity contribution in [3.05, 3.63) is 29.6 Å². The Morgan fingerprint density at radius 1 is 1.33 bits per heavy atom. The molecular formula is C17H26FNO2. The Hall–Kier alpha value is -1.13. The molecule has 0 radical (unpaired) electrons. The van der Waals surface area contributed by atoms with Crippen molar-refractivity contribution in [2.75, 3.05) is 20.8 Å². The normalized spacial score (nSPS) is 18.1. The summed E-state index contributed by atoms with van der Waals surface area (Å²) in [6.07, 6.45) is 5.28. The van der Waals surface area contributed by atoms with Gasteiger partial charge in [0.05, 0.1) is 12.7 Å². The van der Waals surface area contributed by atoms with Gasteiger partial charge >= 0.3 is 0 Å². The van der Waals surface area contributed by atoms with E-state index in [-0.39, 0.29) is 11.4 Å². The van der Waals surface area contributed by atoms with E-state index in [4.69, 9.17) is 9.47 Å². The highest BCUT2D eigenvalue weighted by molar-refractivity contribution is 5.29. The summed E-state index contributed by atoms with van der Waals surface area (Å²) < 4.78 is 24.5. The highest BCUT2D eigenvalue weighted by Crippen LogP contribution is 2.39. The van der Waals surface area contributed by atoms with E-state index >= 15 is 0 Å². The number of rotatable bonds is 8. The van der Waals surface area contributed by atoms with E-state index in [0.717, 1.165) is 37.8 Å². The third kappa shape index (κ3) is 3.95. The van der Waals surface area contributed by atoms with Crippen LogP contribution in [0.1, 0.15) is 38.2 Å². The Labute approximate surface area is 126 Å². The quantitative estimate of drug-likeness (QED) is 0.798. The number of nitrogens with one attached hydrogen (secondary N) is 1. The highest BCUT2D eigenvalue weighted by atomic mass is 19.1. The molecule has 1 aliphatic rings. The van der Waals surface area contributed by atoms with Crippen LogP contribution >= 0.6 is 0 Å². The number of hydrogen-bond donors (Lipinski definition) is 1. The largest absolute Gasteiger partial charge is 0.494 e. The molecule has 2 rings (SSSR count). The van der Waals surface area contributed by atoms with Gasteiger partial charge in [-0.2, -0.15) is 0 Å². The van der Waals surface area contributed by atoms with Gasteiger partial charge in [-0.1, -0.05) is 13.0 Å². The molecule has 0 spiro atoms. The number of ether oxygens (including phenoxy) is 2. The molecule has 0 bridgehead atoms. The van der Waals surface area contributed by atoms with Crippen LogP contribution in [0.25, 0.3) is 0 Å². The van der Waals surface area contributed by atoms with Crippen molar-refractivity contribution in [1.82, 2.24) is 5.32 Å². The predicted molar refractivity (Wildman–Crippen MR) is 82.3 cm³/mol. The first kappa shape index (κ1) is 16.2. The van der Waals surface area contributed by atoms with E-state index < -0.39 is 0 Å². The zero-order valence-corrected chi connectivity index (χ0v) is 13.2. The maximum Gasteiger partial charge on any atom is 0.165 e. The van der Waals surface area contributed by atoms with Gasteiger partial charge in [0, 0.05) is 13.2 Å². The van der Waals surface area contributed by atoms with Crippen molar-refractivity contribution >= 4 is 0 Å². The van der Waals surface area contributed by atoms with Crippen LogP contribution < -0.4 is 10.1 Å².